The van der Waals surface area contributed by atoms with E-state index in [2.05, 4.69) is 25.8 Å². The molecule has 2 amide bonds. The van der Waals surface area contributed by atoms with E-state index < -0.39 is 17.8 Å². The molecule has 0 bridgehead atoms. The van der Waals surface area contributed by atoms with Gasteiger partial charge in [0.25, 0.3) is 5.91 Å². The lowest BCUT2D eigenvalue weighted by molar-refractivity contribution is -0.142. The molecule has 11 heteroatoms. The van der Waals surface area contributed by atoms with E-state index in [1.807, 2.05) is 37.4 Å². The third-order valence-corrected chi connectivity index (χ3v) is 8.13. The summed E-state index contributed by atoms with van der Waals surface area (Å²) in [6, 6.07) is 8.24. The number of benzene rings is 1. The number of rotatable bonds is 6. The molecule has 0 aliphatic carbocycles. The van der Waals surface area contributed by atoms with Crippen LogP contribution in [0.2, 0.25) is 0 Å². The average Bonchev–Trinajstić information content (AvgIpc) is 3.40. The molecule has 1 saturated heterocycles. The molecule has 240 valence electrons. The van der Waals surface area contributed by atoms with Gasteiger partial charge in [-0.3, -0.25) is 14.7 Å². The van der Waals surface area contributed by atoms with Crippen LogP contribution in [0.5, 0.6) is 0 Å². The molecule has 45 heavy (non-hydrogen) atoms. The van der Waals surface area contributed by atoms with Crippen molar-refractivity contribution in [2.45, 2.75) is 91.0 Å². The van der Waals surface area contributed by atoms with Gasteiger partial charge in [0.2, 0.25) is 0 Å². The number of hydrogen-bond acceptors (Lipinski definition) is 7. The first-order valence-corrected chi connectivity index (χ1v) is 15.4. The van der Waals surface area contributed by atoms with E-state index in [1.54, 1.807) is 35.2 Å². The highest BCUT2D eigenvalue weighted by Crippen LogP contribution is 2.31. The van der Waals surface area contributed by atoms with Crippen molar-refractivity contribution < 1.29 is 23.5 Å². The third-order valence-electron chi connectivity index (χ3n) is 8.13. The van der Waals surface area contributed by atoms with Crippen LogP contribution in [0.25, 0.3) is 27.7 Å². The summed E-state index contributed by atoms with van der Waals surface area (Å²) in [6.07, 6.45) is 3.76. The van der Waals surface area contributed by atoms with Crippen LogP contribution in [0.3, 0.4) is 0 Å². The lowest BCUT2D eigenvalue weighted by Crippen LogP contribution is -2.51. The number of ether oxygens (including phenoxy) is 2. The van der Waals surface area contributed by atoms with Crippen molar-refractivity contribution in [3.63, 3.8) is 0 Å². The number of hydrogen-bond donors (Lipinski definition) is 0. The van der Waals surface area contributed by atoms with E-state index in [0.29, 0.717) is 48.2 Å². The van der Waals surface area contributed by atoms with Gasteiger partial charge in [-0.25, -0.2) is 18.7 Å². The van der Waals surface area contributed by atoms with Crippen LogP contribution in [-0.2, 0) is 26.2 Å². The monoisotopic (exact) mass is 618 g/mol. The number of nitrogens with zero attached hydrogens (tertiary/aromatic N) is 6. The molecular formula is C34H43FN6O4. The summed E-state index contributed by atoms with van der Waals surface area (Å²) < 4.78 is 27.0. The van der Waals surface area contributed by atoms with Gasteiger partial charge in [-0.15, -0.1) is 0 Å². The number of likely N-dealkylation sites (tertiary alicyclic amines) is 1. The van der Waals surface area contributed by atoms with E-state index in [9.17, 15) is 14.0 Å². The molecule has 4 aromatic rings. The second-order valence-corrected chi connectivity index (χ2v) is 13.8. The molecule has 3 aromatic heterocycles. The summed E-state index contributed by atoms with van der Waals surface area (Å²) >= 11 is 0. The third kappa shape index (κ3) is 7.08. The van der Waals surface area contributed by atoms with Crippen LogP contribution in [0, 0.1) is 5.82 Å². The fourth-order valence-corrected chi connectivity index (χ4v) is 5.68. The largest absolute Gasteiger partial charge is 0.444 e. The SMILES string of the molecule is COC(C)C(=O)N1CCC(N(Cc2cc(C(C)(C)C)n3ncc(-c4cnc5ccc(F)cc5c4)c3n2)C(=O)OC(C)(C)C)CC1. The lowest BCUT2D eigenvalue weighted by atomic mass is 9.91. The van der Waals surface area contributed by atoms with Crippen LogP contribution in [0.4, 0.5) is 9.18 Å². The highest BCUT2D eigenvalue weighted by Gasteiger charge is 2.34. The fourth-order valence-electron chi connectivity index (χ4n) is 5.68. The Bertz CT molecular complexity index is 1720. The normalized spacial score (nSPS) is 15.4. The van der Waals surface area contributed by atoms with E-state index >= 15 is 0 Å². The molecular weight excluding hydrogens is 575 g/mol. The molecule has 1 fully saturated rings. The molecule has 1 aliphatic heterocycles. The quantitative estimate of drug-likeness (QED) is 0.256. The lowest BCUT2D eigenvalue weighted by Gasteiger charge is -2.39. The Morgan fingerprint density at radius 1 is 1.07 bits per heavy atom. The molecule has 10 nitrogen and oxygen atoms in total. The molecule has 1 aromatic carbocycles. The minimum atomic E-state index is -0.685. The van der Waals surface area contributed by atoms with Crippen molar-refractivity contribution in [2.24, 2.45) is 0 Å². The van der Waals surface area contributed by atoms with Gasteiger partial charge in [0, 0.05) is 54.4 Å². The number of fused-ring (bicyclic) bond motifs is 2. The topological polar surface area (TPSA) is 102 Å². The maximum atomic E-state index is 14.0. The van der Waals surface area contributed by atoms with Gasteiger partial charge in [0.1, 0.15) is 17.5 Å². The summed E-state index contributed by atoms with van der Waals surface area (Å²) in [5.41, 5.74) is 3.45. The Labute approximate surface area is 263 Å². The number of carbonyl (C=O) groups is 2. The van der Waals surface area contributed by atoms with Gasteiger partial charge in [-0.05, 0) is 70.9 Å². The number of amides is 2. The van der Waals surface area contributed by atoms with Gasteiger partial charge >= 0.3 is 6.09 Å². The summed E-state index contributed by atoms with van der Waals surface area (Å²) in [4.78, 5) is 39.6. The smallest absolute Gasteiger partial charge is 0.410 e. The Morgan fingerprint density at radius 2 is 1.78 bits per heavy atom. The Kier molecular flexibility index (Phi) is 8.86. The predicted octanol–water partition coefficient (Wildman–Crippen LogP) is 6.14. The standard InChI is InChI=1S/C34H43FN6O4/c1-21(44-8)31(42)39-13-11-26(12-14-39)40(32(43)45-34(5,6)7)20-25-17-29(33(2,3)4)41-30(38-25)27(19-37-41)23-15-22-16-24(35)9-10-28(22)36-18-23/h9-10,15-19,21,26H,11-14,20H2,1-8H3. The predicted molar refractivity (Wildman–Crippen MR) is 170 cm³/mol. The number of piperidine rings is 1. The molecule has 1 atom stereocenters. The summed E-state index contributed by atoms with van der Waals surface area (Å²) in [5, 5.41) is 5.38. The van der Waals surface area contributed by atoms with Crippen molar-refractivity contribution in [1.29, 1.82) is 0 Å². The summed E-state index contributed by atoms with van der Waals surface area (Å²) in [6.45, 7) is 14.8. The van der Waals surface area contributed by atoms with Crippen molar-refractivity contribution in [3.8, 4) is 11.1 Å². The fraction of sp³-hybridized carbons (Fsp3) is 0.500. The average molecular weight is 619 g/mol. The number of aromatic nitrogens is 4. The molecule has 0 saturated carbocycles. The first-order chi connectivity index (χ1) is 21.1. The van der Waals surface area contributed by atoms with Gasteiger partial charge < -0.3 is 14.4 Å². The second-order valence-electron chi connectivity index (χ2n) is 13.8. The van der Waals surface area contributed by atoms with Gasteiger partial charge in [0.15, 0.2) is 5.65 Å². The minimum absolute atomic E-state index is 0.0547. The molecule has 0 spiro atoms. The molecule has 1 aliphatic rings. The maximum Gasteiger partial charge on any atom is 0.410 e. The van der Waals surface area contributed by atoms with Crippen molar-refractivity contribution >= 4 is 28.6 Å². The van der Waals surface area contributed by atoms with Crippen LogP contribution >= 0.6 is 0 Å². The maximum absolute atomic E-state index is 14.0. The first-order valence-electron chi connectivity index (χ1n) is 15.4. The van der Waals surface area contributed by atoms with Crippen molar-refractivity contribution in [3.05, 3.63) is 59.9 Å². The zero-order valence-corrected chi connectivity index (χ0v) is 27.4. The first kappa shape index (κ1) is 32.3. The van der Waals surface area contributed by atoms with Gasteiger partial charge in [-0.2, -0.15) is 5.10 Å². The van der Waals surface area contributed by atoms with Crippen LogP contribution in [0.15, 0.2) is 42.7 Å². The Morgan fingerprint density at radius 3 is 2.42 bits per heavy atom. The summed E-state index contributed by atoms with van der Waals surface area (Å²) in [7, 11) is 1.53. The Balaban J connectivity index is 1.53. The van der Waals surface area contributed by atoms with Gasteiger partial charge in [-0.1, -0.05) is 20.8 Å². The van der Waals surface area contributed by atoms with E-state index in [4.69, 9.17) is 19.6 Å². The zero-order valence-electron chi connectivity index (χ0n) is 27.4. The number of halogens is 1. The second kappa shape index (κ2) is 12.3. The van der Waals surface area contributed by atoms with Crippen LogP contribution in [0.1, 0.15) is 72.7 Å². The van der Waals surface area contributed by atoms with Crippen LogP contribution in [-0.4, -0.2) is 79.3 Å². The van der Waals surface area contributed by atoms with E-state index in [0.717, 1.165) is 16.8 Å². The molecule has 4 heterocycles. The van der Waals surface area contributed by atoms with E-state index in [1.165, 1.54) is 19.2 Å². The number of methoxy groups -OCH3 is 1. The zero-order chi connectivity index (χ0) is 32.7. The molecule has 1 unspecified atom stereocenters. The molecule has 5 rings (SSSR count). The summed E-state index contributed by atoms with van der Waals surface area (Å²) in [5.74, 6) is -0.386. The van der Waals surface area contributed by atoms with Gasteiger partial charge in [0.05, 0.1) is 29.6 Å². The number of carbonyl (C=O) groups excluding carboxylic acids is 2. The van der Waals surface area contributed by atoms with Crippen molar-refractivity contribution in [2.75, 3.05) is 20.2 Å². The highest BCUT2D eigenvalue weighted by atomic mass is 19.1. The Hall–Kier alpha value is -4.12. The number of pyridine rings is 1. The highest BCUT2D eigenvalue weighted by molar-refractivity contribution is 5.87. The minimum Gasteiger partial charge on any atom is -0.444 e. The van der Waals surface area contributed by atoms with E-state index in [-0.39, 0.29) is 29.7 Å². The molecule has 0 radical (unpaired) electrons. The van der Waals surface area contributed by atoms with Crippen molar-refractivity contribution in [1.82, 2.24) is 29.4 Å². The van der Waals surface area contributed by atoms with Crippen LogP contribution < -0.4 is 0 Å². The molecule has 0 N–H and O–H groups in total.